The molecule has 0 unspecified atom stereocenters. The van der Waals surface area contributed by atoms with Crippen molar-refractivity contribution in [1.82, 2.24) is 14.7 Å². The minimum atomic E-state index is 0.0117. The highest BCUT2D eigenvalue weighted by Gasteiger charge is 2.10. The van der Waals surface area contributed by atoms with E-state index in [0.717, 1.165) is 23.5 Å². The Balaban J connectivity index is 2.20. The van der Waals surface area contributed by atoms with E-state index in [-0.39, 0.29) is 5.91 Å². The molecule has 0 radical (unpaired) electrons. The van der Waals surface area contributed by atoms with Crippen LogP contribution in [0.1, 0.15) is 35.0 Å². The third kappa shape index (κ3) is 4.09. The maximum Gasteiger partial charge on any atom is 0.246 e. The van der Waals surface area contributed by atoms with Gasteiger partial charge in [-0.25, -0.2) is 0 Å². The summed E-state index contributed by atoms with van der Waals surface area (Å²) < 4.78 is 1.99. The van der Waals surface area contributed by atoms with Gasteiger partial charge in [0.25, 0.3) is 0 Å². The van der Waals surface area contributed by atoms with E-state index in [1.165, 1.54) is 11.1 Å². The number of benzene rings is 1. The van der Waals surface area contributed by atoms with Gasteiger partial charge in [-0.15, -0.1) is 0 Å². The Morgan fingerprint density at radius 1 is 1.22 bits per heavy atom. The van der Waals surface area contributed by atoms with E-state index in [1.54, 1.807) is 18.0 Å². The fourth-order valence-corrected chi connectivity index (χ4v) is 2.41. The Labute approximate surface area is 138 Å². The predicted molar refractivity (Wildman–Crippen MR) is 94.3 cm³/mol. The number of carbonyl (C=O) groups excluding carboxylic acids is 1. The number of hydrogen-bond donors (Lipinski definition) is 0. The van der Waals surface area contributed by atoms with Crippen LogP contribution in [0.2, 0.25) is 0 Å². The first-order chi connectivity index (χ1) is 10.9. The van der Waals surface area contributed by atoms with Crippen molar-refractivity contribution in [2.75, 3.05) is 13.6 Å². The molecular weight excluding hydrogens is 286 g/mol. The molecule has 0 aliphatic carbocycles. The summed E-state index contributed by atoms with van der Waals surface area (Å²) >= 11 is 0. The maximum absolute atomic E-state index is 11.9. The summed E-state index contributed by atoms with van der Waals surface area (Å²) in [6.45, 7) is 9.51. The number of carbonyl (C=O) groups is 1. The molecule has 23 heavy (non-hydrogen) atoms. The third-order valence-corrected chi connectivity index (χ3v) is 4.13. The fourth-order valence-electron chi connectivity index (χ4n) is 2.41. The van der Waals surface area contributed by atoms with Crippen LogP contribution in [0.25, 0.3) is 6.08 Å². The summed E-state index contributed by atoms with van der Waals surface area (Å²) in [4.78, 5) is 13.6. The largest absolute Gasteiger partial charge is 0.343 e. The lowest BCUT2D eigenvalue weighted by atomic mass is 10.1. The van der Waals surface area contributed by atoms with Crippen LogP contribution in [-0.4, -0.2) is 34.2 Å². The highest BCUT2D eigenvalue weighted by Crippen LogP contribution is 2.17. The molecule has 4 nitrogen and oxygen atoms in total. The molecule has 2 rings (SSSR count). The number of nitrogens with zero attached hydrogens (tertiary/aromatic N) is 3. The monoisotopic (exact) mass is 311 g/mol. The molecule has 0 saturated carbocycles. The third-order valence-electron chi connectivity index (χ3n) is 4.13. The van der Waals surface area contributed by atoms with Crippen molar-refractivity contribution in [3.63, 3.8) is 0 Å². The maximum atomic E-state index is 11.9. The van der Waals surface area contributed by atoms with Gasteiger partial charge in [-0.2, -0.15) is 5.10 Å². The summed E-state index contributed by atoms with van der Waals surface area (Å²) in [5.41, 5.74) is 5.52. The molecule has 0 bridgehead atoms. The molecule has 1 amide bonds. The molecule has 0 aliphatic rings. The van der Waals surface area contributed by atoms with Crippen molar-refractivity contribution in [3.8, 4) is 0 Å². The summed E-state index contributed by atoms with van der Waals surface area (Å²) in [6, 6.07) is 8.48. The predicted octanol–water partition coefficient (Wildman–Crippen LogP) is 3.35. The number of aromatic nitrogens is 2. The Bertz CT molecular complexity index is 711. The number of amides is 1. The van der Waals surface area contributed by atoms with Gasteiger partial charge >= 0.3 is 0 Å². The van der Waals surface area contributed by atoms with Crippen LogP contribution < -0.4 is 0 Å². The van der Waals surface area contributed by atoms with Gasteiger partial charge in [-0.3, -0.25) is 9.48 Å². The number of aryl methyl sites for hydroxylation is 2. The SMILES string of the molecule is CCN(C)C(=O)/C=C/c1c(C)nn(Cc2ccc(C)cc2)c1C. The normalized spacial score (nSPS) is 11.2. The van der Waals surface area contributed by atoms with Gasteiger partial charge in [-0.05, 0) is 39.3 Å². The van der Waals surface area contributed by atoms with Crippen LogP contribution in [0.3, 0.4) is 0 Å². The lowest BCUT2D eigenvalue weighted by molar-refractivity contribution is -0.124. The Morgan fingerprint density at radius 2 is 1.87 bits per heavy atom. The number of likely N-dealkylation sites (N-methyl/N-ethyl adjacent to an activating group) is 1. The second kappa shape index (κ2) is 7.27. The minimum absolute atomic E-state index is 0.0117. The van der Waals surface area contributed by atoms with Crippen LogP contribution in [0.4, 0.5) is 0 Å². The highest BCUT2D eigenvalue weighted by molar-refractivity contribution is 5.91. The van der Waals surface area contributed by atoms with E-state index in [2.05, 4.69) is 36.3 Å². The van der Waals surface area contributed by atoms with E-state index in [0.29, 0.717) is 6.54 Å². The van der Waals surface area contributed by atoms with Gasteiger partial charge < -0.3 is 4.90 Å². The summed E-state index contributed by atoms with van der Waals surface area (Å²) in [5, 5.41) is 4.61. The van der Waals surface area contributed by atoms with Crippen LogP contribution >= 0.6 is 0 Å². The molecule has 0 atom stereocenters. The summed E-state index contributed by atoms with van der Waals surface area (Å²) in [5.74, 6) is 0.0117. The molecule has 0 spiro atoms. The second-order valence-electron chi connectivity index (χ2n) is 5.91. The Kier molecular flexibility index (Phi) is 5.37. The van der Waals surface area contributed by atoms with Gasteiger partial charge in [-0.1, -0.05) is 29.8 Å². The number of hydrogen-bond acceptors (Lipinski definition) is 2. The second-order valence-corrected chi connectivity index (χ2v) is 5.91. The van der Waals surface area contributed by atoms with Crippen molar-refractivity contribution in [2.45, 2.75) is 34.2 Å². The van der Waals surface area contributed by atoms with Crippen molar-refractivity contribution in [2.24, 2.45) is 0 Å². The van der Waals surface area contributed by atoms with Crippen molar-refractivity contribution < 1.29 is 4.79 Å². The standard InChI is InChI=1S/C19H25N3O/c1-6-21(5)19(23)12-11-18-15(3)20-22(16(18)4)13-17-9-7-14(2)8-10-17/h7-12H,6,13H2,1-5H3/b12-11+. The zero-order valence-electron chi connectivity index (χ0n) is 14.6. The van der Waals surface area contributed by atoms with Gasteiger partial charge in [0.15, 0.2) is 0 Å². The fraction of sp³-hybridized carbons (Fsp3) is 0.368. The molecule has 1 heterocycles. The van der Waals surface area contributed by atoms with Crippen LogP contribution in [0, 0.1) is 20.8 Å². The van der Waals surface area contributed by atoms with Crippen LogP contribution in [0.15, 0.2) is 30.3 Å². The first kappa shape index (κ1) is 17.0. The quantitative estimate of drug-likeness (QED) is 0.794. The lowest BCUT2D eigenvalue weighted by Gasteiger charge is -2.10. The molecule has 1 aromatic heterocycles. The average Bonchev–Trinajstić information content (AvgIpc) is 2.80. The van der Waals surface area contributed by atoms with Crippen LogP contribution in [-0.2, 0) is 11.3 Å². The minimum Gasteiger partial charge on any atom is -0.343 e. The summed E-state index contributed by atoms with van der Waals surface area (Å²) in [6.07, 6.45) is 3.49. The van der Waals surface area contributed by atoms with E-state index in [4.69, 9.17) is 0 Å². The Hall–Kier alpha value is -2.36. The molecule has 0 N–H and O–H groups in total. The highest BCUT2D eigenvalue weighted by atomic mass is 16.2. The van der Waals surface area contributed by atoms with Gasteiger partial charge in [0.2, 0.25) is 5.91 Å². The topological polar surface area (TPSA) is 38.1 Å². The summed E-state index contributed by atoms with van der Waals surface area (Å²) in [7, 11) is 1.80. The molecule has 4 heteroatoms. The van der Waals surface area contributed by atoms with Gasteiger partial charge in [0.1, 0.15) is 0 Å². The smallest absolute Gasteiger partial charge is 0.246 e. The van der Waals surface area contributed by atoms with E-state index in [1.807, 2.05) is 31.5 Å². The first-order valence-corrected chi connectivity index (χ1v) is 7.95. The van der Waals surface area contributed by atoms with Crippen molar-refractivity contribution >= 4 is 12.0 Å². The molecule has 0 fully saturated rings. The number of rotatable bonds is 5. The van der Waals surface area contributed by atoms with E-state index < -0.39 is 0 Å². The molecule has 1 aromatic carbocycles. The van der Waals surface area contributed by atoms with Gasteiger partial charge in [0, 0.05) is 30.9 Å². The van der Waals surface area contributed by atoms with Gasteiger partial charge in [0.05, 0.1) is 12.2 Å². The van der Waals surface area contributed by atoms with E-state index in [9.17, 15) is 4.79 Å². The molecule has 2 aromatic rings. The lowest BCUT2D eigenvalue weighted by Crippen LogP contribution is -2.23. The zero-order chi connectivity index (χ0) is 17.0. The first-order valence-electron chi connectivity index (χ1n) is 7.95. The molecule has 0 aliphatic heterocycles. The van der Waals surface area contributed by atoms with Crippen molar-refractivity contribution in [3.05, 3.63) is 58.4 Å². The molecular formula is C19H25N3O. The van der Waals surface area contributed by atoms with Crippen molar-refractivity contribution in [1.29, 1.82) is 0 Å². The zero-order valence-corrected chi connectivity index (χ0v) is 14.6. The Morgan fingerprint density at radius 3 is 2.48 bits per heavy atom. The molecule has 122 valence electrons. The average molecular weight is 311 g/mol. The molecule has 0 saturated heterocycles. The van der Waals surface area contributed by atoms with E-state index >= 15 is 0 Å². The van der Waals surface area contributed by atoms with Crippen LogP contribution in [0.5, 0.6) is 0 Å².